The Bertz CT molecular complexity index is 1370. The van der Waals surface area contributed by atoms with E-state index in [0.29, 0.717) is 49.4 Å². The van der Waals surface area contributed by atoms with Gasteiger partial charge in [0.2, 0.25) is 11.8 Å². The number of benzene rings is 2. The maximum absolute atomic E-state index is 13.2. The minimum atomic E-state index is -0.419. The van der Waals surface area contributed by atoms with Crippen LogP contribution in [0.25, 0.3) is 10.9 Å². The first-order valence-corrected chi connectivity index (χ1v) is 12.4. The number of rotatable bonds is 8. The Morgan fingerprint density at radius 3 is 2.65 bits per heavy atom. The number of nitrogens with zero attached hydrogens (tertiary/aromatic N) is 2. The number of hydrogen-bond donors (Lipinski definition) is 3. The molecule has 0 aliphatic carbocycles. The summed E-state index contributed by atoms with van der Waals surface area (Å²) in [6.45, 7) is 2.24. The molecule has 0 radical (unpaired) electrons. The lowest BCUT2D eigenvalue weighted by Gasteiger charge is -2.27. The Morgan fingerprint density at radius 2 is 1.89 bits per heavy atom. The summed E-state index contributed by atoms with van der Waals surface area (Å²) in [6, 6.07) is 12.1. The average Bonchev–Trinajstić information content (AvgIpc) is 3.47. The van der Waals surface area contributed by atoms with E-state index in [2.05, 4.69) is 16.0 Å². The smallest absolute Gasteiger partial charge is 0.268 e. The maximum atomic E-state index is 13.2. The normalized spacial score (nSPS) is 17.0. The van der Waals surface area contributed by atoms with Crippen LogP contribution >= 0.6 is 0 Å². The molecule has 37 heavy (non-hydrogen) atoms. The minimum absolute atomic E-state index is 0.120. The highest BCUT2D eigenvalue weighted by Gasteiger charge is 2.29. The number of likely N-dealkylation sites (tertiary alicyclic amines) is 1. The molecular weight excluding hydrogens is 477 g/mol. The van der Waals surface area contributed by atoms with E-state index in [-0.39, 0.29) is 36.1 Å². The van der Waals surface area contributed by atoms with Gasteiger partial charge in [-0.2, -0.15) is 0 Å². The van der Waals surface area contributed by atoms with Crippen molar-refractivity contribution in [1.82, 2.24) is 20.1 Å². The molecule has 3 aromatic rings. The van der Waals surface area contributed by atoms with Crippen LogP contribution in [0.3, 0.4) is 0 Å². The average molecular weight is 506 g/mol. The predicted molar refractivity (Wildman–Crippen MR) is 136 cm³/mol. The van der Waals surface area contributed by atoms with Gasteiger partial charge in [-0.1, -0.05) is 0 Å². The molecular formula is C27H28FN5O4. The zero-order valence-electron chi connectivity index (χ0n) is 20.3. The quantitative estimate of drug-likeness (QED) is 0.409. The lowest BCUT2D eigenvalue weighted by Crippen LogP contribution is -2.41. The number of fused-ring (bicyclic) bond motifs is 3. The number of anilines is 1. The van der Waals surface area contributed by atoms with E-state index in [0.717, 1.165) is 23.9 Å². The summed E-state index contributed by atoms with van der Waals surface area (Å²) in [7, 11) is 0. The van der Waals surface area contributed by atoms with Gasteiger partial charge in [-0.05, 0) is 61.4 Å². The molecule has 1 fully saturated rings. The minimum Gasteiger partial charge on any atom is -0.356 e. The molecule has 1 unspecified atom stereocenters. The van der Waals surface area contributed by atoms with Crippen LogP contribution in [0.4, 0.5) is 10.1 Å². The zero-order valence-corrected chi connectivity index (χ0v) is 20.3. The Morgan fingerprint density at radius 1 is 1.08 bits per heavy atom. The van der Waals surface area contributed by atoms with Crippen molar-refractivity contribution in [3.8, 4) is 0 Å². The molecule has 3 N–H and O–H groups in total. The first-order chi connectivity index (χ1) is 17.9. The molecule has 2 aliphatic rings. The van der Waals surface area contributed by atoms with E-state index < -0.39 is 5.82 Å². The number of aromatic nitrogens is 1. The van der Waals surface area contributed by atoms with Gasteiger partial charge in [0.05, 0.1) is 6.04 Å². The molecule has 3 heterocycles. The summed E-state index contributed by atoms with van der Waals surface area (Å²) in [4.78, 5) is 51.3. The molecule has 9 nitrogen and oxygen atoms in total. The van der Waals surface area contributed by atoms with Crippen LogP contribution in [0.15, 0.2) is 48.5 Å². The maximum Gasteiger partial charge on any atom is 0.268 e. The summed E-state index contributed by atoms with van der Waals surface area (Å²) < 4.78 is 15.0. The van der Waals surface area contributed by atoms with Crippen LogP contribution in [0.2, 0.25) is 0 Å². The van der Waals surface area contributed by atoms with Gasteiger partial charge in [0.1, 0.15) is 11.5 Å². The van der Waals surface area contributed by atoms with Gasteiger partial charge in [-0.25, -0.2) is 4.39 Å². The Balaban J connectivity index is 1.25. The number of carbonyl (C=O) groups excluding carboxylic acids is 4. The summed E-state index contributed by atoms with van der Waals surface area (Å²) in [5.74, 6) is -0.957. The van der Waals surface area contributed by atoms with Crippen molar-refractivity contribution in [1.29, 1.82) is 0 Å². The molecule has 192 valence electrons. The number of nitrogens with one attached hydrogen (secondary N) is 3. The fourth-order valence-corrected chi connectivity index (χ4v) is 4.97. The van der Waals surface area contributed by atoms with Crippen molar-refractivity contribution in [2.45, 2.75) is 31.7 Å². The van der Waals surface area contributed by atoms with Crippen LogP contribution in [0, 0.1) is 5.82 Å². The molecule has 1 saturated heterocycles. The second-order valence-electron chi connectivity index (χ2n) is 9.39. The van der Waals surface area contributed by atoms with Crippen LogP contribution in [-0.2, 0) is 9.59 Å². The molecule has 1 atom stereocenters. The monoisotopic (exact) mass is 505 g/mol. The van der Waals surface area contributed by atoms with Crippen molar-refractivity contribution in [3.63, 3.8) is 0 Å². The predicted octanol–water partition coefficient (Wildman–Crippen LogP) is 2.84. The van der Waals surface area contributed by atoms with Gasteiger partial charge >= 0.3 is 0 Å². The Kier molecular flexibility index (Phi) is 6.89. The first kappa shape index (κ1) is 24.5. The van der Waals surface area contributed by atoms with E-state index in [1.807, 2.05) is 15.5 Å². The van der Waals surface area contributed by atoms with Crippen LogP contribution in [-0.4, -0.2) is 59.3 Å². The Hall–Kier alpha value is -4.21. The van der Waals surface area contributed by atoms with Crippen LogP contribution in [0.1, 0.15) is 52.6 Å². The highest BCUT2D eigenvalue weighted by atomic mass is 19.1. The van der Waals surface area contributed by atoms with Gasteiger partial charge in [-0.15, -0.1) is 0 Å². The summed E-state index contributed by atoms with van der Waals surface area (Å²) >= 11 is 0. The number of carbonyl (C=O) groups is 4. The van der Waals surface area contributed by atoms with E-state index in [1.54, 1.807) is 18.2 Å². The lowest BCUT2D eigenvalue weighted by atomic mass is 10.1. The fourth-order valence-electron chi connectivity index (χ4n) is 4.97. The van der Waals surface area contributed by atoms with E-state index in [9.17, 15) is 23.6 Å². The third-order valence-corrected chi connectivity index (χ3v) is 6.82. The van der Waals surface area contributed by atoms with Gasteiger partial charge in [-0.3, -0.25) is 19.2 Å². The Labute approximate surface area is 213 Å². The molecule has 0 bridgehead atoms. The van der Waals surface area contributed by atoms with Gasteiger partial charge in [0.25, 0.3) is 11.8 Å². The third-order valence-electron chi connectivity index (χ3n) is 6.82. The van der Waals surface area contributed by atoms with Crippen molar-refractivity contribution in [3.05, 3.63) is 65.6 Å². The van der Waals surface area contributed by atoms with Crippen molar-refractivity contribution in [2.24, 2.45) is 0 Å². The molecule has 5 rings (SSSR count). The van der Waals surface area contributed by atoms with Crippen LogP contribution < -0.4 is 16.0 Å². The van der Waals surface area contributed by atoms with Gasteiger partial charge < -0.3 is 25.4 Å². The first-order valence-electron chi connectivity index (χ1n) is 12.4. The largest absolute Gasteiger partial charge is 0.356 e. The molecule has 2 aliphatic heterocycles. The highest BCUT2D eigenvalue weighted by Crippen LogP contribution is 2.30. The van der Waals surface area contributed by atoms with Crippen molar-refractivity contribution >= 4 is 40.2 Å². The fraction of sp³-hybridized carbons (Fsp3) is 0.333. The highest BCUT2D eigenvalue weighted by molar-refractivity contribution is 6.06. The molecule has 4 amide bonds. The third kappa shape index (κ3) is 5.32. The summed E-state index contributed by atoms with van der Waals surface area (Å²) in [5, 5.41) is 9.33. The van der Waals surface area contributed by atoms with E-state index in [1.165, 1.54) is 24.3 Å². The molecule has 2 aromatic carbocycles. The molecule has 0 spiro atoms. The second-order valence-corrected chi connectivity index (χ2v) is 9.39. The van der Waals surface area contributed by atoms with Crippen molar-refractivity contribution < 1.29 is 23.6 Å². The van der Waals surface area contributed by atoms with Gasteiger partial charge in [0, 0.05) is 61.2 Å². The molecule has 1 aromatic heterocycles. The number of halogens is 1. The van der Waals surface area contributed by atoms with E-state index in [4.69, 9.17) is 0 Å². The summed E-state index contributed by atoms with van der Waals surface area (Å²) in [5.41, 5.74) is 2.11. The SMILES string of the molecule is O=C(CC1CNC(=O)c2cc3cc(NC(=O)c4ccc(F)cc4)ccc3n21)NCCCN1CCCC1=O. The van der Waals surface area contributed by atoms with Crippen LogP contribution in [0.5, 0.6) is 0 Å². The number of hydrogen-bond acceptors (Lipinski definition) is 4. The van der Waals surface area contributed by atoms with Gasteiger partial charge in [0.15, 0.2) is 0 Å². The second kappa shape index (κ2) is 10.4. The summed E-state index contributed by atoms with van der Waals surface area (Å²) in [6.07, 6.45) is 2.40. The topological polar surface area (TPSA) is 113 Å². The molecule has 10 heteroatoms. The standard InChI is InChI=1S/C27H28FN5O4/c28-19-6-4-17(5-7-19)26(36)31-20-8-9-22-18(13-20)14-23-27(37)30-16-21(33(22)23)15-24(34)29-10-2-12-32-11-1-3-25(32)35/h4-9,13-14,21H,1-3,10-12,15-16H2,(H,29,34)(H,30,37)(H,31,36). The van der Waals surface area contributed by atoms with E-state index >= 15 is 0 Å². The van der Waals surface area contributed by atoms with Crippen molar-refractivity contribution in [2.75, 3.05) is 31.5 Å². The molecule has 0 saturated carbocycles. The lowest BCUT2D eigenvalue weighted by molar-refractivity contribution is -0.127. The zero-order chi connectivity index (χ0) is 25.9. The number of amides is 4.